The number of carbonyl (C=O) groups is 1. The zero-order valence-electron chi connectivity index (χ0n) is 19.7. The van der Waals surface area contributed by atoms with E-state index in [2.05, 4.69) is 33.8 Å². The molecule has 3 heterocycles. The monoisotopic (exact) mass is 450 g/mol. The number of likely N-dealkylation sites (N-methyl/N-ethyl adjacent to an activating group) is 1. The van der Waals surface area contributed by atoms with Crippen LogP contribution in [0.5, 0.6) is 0 Å². The van der Waals surface area contributed by atoms with E-state index in [-0.39, 0.29) is 17.6 Å². The Balaban J connectivity index is 1.65. The summed E-state index contributed by atoms with van der Waals surface area (Å²) < 4.78 is 15.9. The fraction of sp³-hybridized carbons (Fsp3) is 0.440. The number of benzene rings is 1. The molecule has 0 N–H and O–H groups in total. The standard InChI is InChI=1S/C25H31FN6O/c1-5-30(6-2)18-12-14-31(16-18)24(33)20-15-28-32(23(20)17(3)4)25-27-13-11-22(29-25)19-9-7-8-10-21(19)26/h7-11,13,15,17-18H,5-6,12,14,16H2,1-4H3/t18-/m0/s1. The topological polar surface area (TPSA) is 67.2 Å². The van der Waals surface area contributed by atoms with Gasteiger partial charge < -0.3 is 4.90 Å². The largest absolute Gasteiger partial charge is 0.337 e. The van der Waals surface area contributed by atoms with Gasteiger partial charge in [0, 0.05) is 30.9 Å². The van der Waals surface area contributed by atoms with Gasteiger partial charge in [0.25, 0.3) is 11.9 Å². The van der Waals surface area contributed by atoms with Crippen LogP contribution in [-0.4, -0.2) is 67.7 Å². The van der Waals surface area contributed by atoms with Crippen LogP contribution < -0.4 is 0 Å². The van der Waals surface area contributed by atoms with Crippen molar-refractivity contribution in [1.82, 2.24) is 29.5 Å². The third-order valence-corrected chi connectivity index (χ3v) is 6.35. The van der Waals surface area contributed by atoms with Gasteiger partial charge >= 0.3 is 0 Å². The molecule has 0 radical (unpaired) electrons. The lowest BCUT2D eigenvalue weighted by Gasteiger charge is -2.26. The Morgan fingerprint density at radius 1 is 1.21 bits per heavy atom. The van der Waals surface area contributed by atoms with Gasteiger partial charge in [-0.25, -0.2) is 19.0 Å². The zero-order chi connectivity index (χ0) is 23.5. The number of likely N-dealkylation sites (tertiary alicyclic amines) is 1. The van der Waals surface area contributed by atoms with Gasteiger partial charge in [0.15, 0.2) is 0 Å². The van der Waals surface area contributed by atoms with E-state index in [1.165, 1.54) is 6.07 Å². The maximum Gasteiger partial charge on any atom is 0.257 e. The van der Waals surface area contributed by atoms with Gasteiger partial charge in [-0.3, -0.25) is 9.69 Å². The summed E-state index contributed by atoms with van der Waals surface area (Å²) in [6.45, 7) is 11.8. The van der Waals surface area contributed by atoms with Gasteiger partial charge in [0.1, 0.15) is 5.82 Å². The molecule has 1 aliphatic heterocycles. The third kappa shape index (κ3) is 4.53. The number of hydrogen-bond acceptors (Lipinski definition) is 5. The maximum atomic E-state index is 14.3. The lowest BCUT2D eigenvalue weighted by molar-refractivity contribution is 0.0776. The molecule has 0 spiro atoms. The van der Waals surface area contributed by atoms with Crippen molar-refractivity contribution in [2.24, 2.45) is 0 Å². The highest BCUT2D eigenvalue weighted by Gasteiger charge is 2.32. The van der Waals surface area contributed by atoms with E-state index in [0.717, 1.165) is 38.3 Å². The molecule has 4 rings (SSSR count). The van der Waals surface area contributed by atoms with Crippen LogP contribution in [0.1, 0.15) is 56.1 Å². The Kier molecular flexibility index (Phi) is 6.83. The first kappa shape index (κ1) is 23.0. The Morgan fingerprint density at radius 2 is 1.97 bits per heavy atom. The highest BCUT2D eigenvalue weighted by Crippen LogP contribution is 2.27. The van der Waals surface area contributed by atoms with Crippen molar-refractivity contribution in [3.05, 3.63) is 59.8 Å². The van der Waals surface area contributed by atoms with E-state index in [0.29, 0.717) is 28.8 Å². The molecular weight excluding hydrogens is 419 g/mol. The molecular formula is C25H31FN6O. The first-order chi connectivity index (χ1) is 15.9. The molecule has 7 nitrogen and oxygen atoms in total. The minimum atomic E-state index is -0.348. The number of nitrogens with zero attached hydrogens (tertiary/aromatic N) is 6. The molecule has 8 heteroatoms. The second-order valence-electron chi connectivity index (χ2n) is 8.65. The van der Waals surface area contributed by atoms with E-state index in [4.69, 9.17) is 0 Å². The summed E-state index contributed by atoms with van der Waals surface area (Å²) in [4.78, 5) is 26.7. The molecule has 33 heavy (non-hydrogen) atoms. The van der Waals surface area contributed by atoms with E-state index >= 15 is 0 Å². The van der Waals surface area contributed by atoms with Crippen LogP contribution in [0.4, 0.5) is 4.39 Å². The van der Waals surface area contributed by atoms with Crippen LogP contribution in [0.25, 0.3) is 17.2 Å². The molecule has 3 aromatic rings. The predicted octanol–water partition coefficient (Wildman–Crippen LogP) is 4.15. The smallest absolute Gasteiger partial charge is 0.257 e. The highest BCUT2D eigenvalue weighted by atomic mass is 19.1. The van der Waals surface area contributed by atoms with Crippen molar-refractivity contribution in [2.75, 3.05) is 26.2 Å². The Hall–Kier alpha value is -3.13. The van der Waals surface area contributed by atoms with Crippen molar-refractivity contribution < 1.29 is 9.18 Å². The molecule has 1 aliphatic rings. The lowest BCUT2D eigenvalue weighted by Crippen LogP contribution is -2.38. The van der Waals surface area contributed by atoms with Crippen LogP contribution in [-0.2, 0) is 0 Å². The molecule has 1 aromatic carbocycles. The van der Waals surface area contributed by atoms with Crippen LogP contribution in [0.3, 0.4) is 0 Å². The second kappa shape index (κ2) is 9.79. The minimum absolute atomic E-state index is 0.00938. The van der Waals surface area contributed by atoms with Crippen LogP contribution in [0.2, 0.25) is 0 Å². The van der Waals surface area contributed by atoms with Crippen LogP contribution in [0.15, 0.2) is 42.7 Å². The van der Waals surface area contributed by atoms with Gasteiger partial charge in [-0.2, -0.15) is 5.10 Å². The fourth-order valence-corrected chi connectivity index (χ4v) is 4.64. The van der Waals surface area contributed by atoms with Crippen molar-refractivity contribution >= 4 is 5.91 Å². The van der Waals surface area contributed by atoms with E-state index in [1.807, 2.05) is 18.7 Å². The number of rotatable bonds is 7. The molecule has 0 unspecified atom stereocenters. The van der Waals surface area contributed by atoms with Crippen molar-refractivity contribution in [3.8, 4) is 17.2 Å². The molecule has 0 aliphatic carbocycles. The van der Waals surface area contributed by atoms with Crippen molar-refractivity contribution in [3.63, 3.8) is 0 Å². The average molecular weight is 451 g/mol. The van der Waals surface area contributed by atoms with Gasteiger partial charge in [-0.1, -0.05) is 39.8 Å². The lowest BCUT2D eigenvalue weighted by atomic mass is 10.1. The Bertz CT molecular complexity index is 1120. The van der Waals surface area contributed by atoms with Gasteiger partial charge in [-0.05, 0) is 43.6 Å². The zero-order valence-corrected chi connectivity index (χ0v) is 19.7. The molecule has 0 saturated carbocycles. The van der Waals surface area contributed by atoms with Gasteiger partial charge in [0.05, 0.1) is 23.1 Å². The second-order valence-corrected chi connectivity index (χ2v) is 8.65. The third-order valence-electron chi connectivity index (χ3n) is 6.35. The molecule has 1 amide bonds. The van der Waals surface area contributed by atoms with Crippen LogP contribution in [0, 0.1) is 5.82 Å². The molecule has 1 saturated heterocycles. The molecule has 174 valence electrons. The van der Waals surface area contributed by atoms with E-state index < -0.39 is 0 Å². The summed E-state index contributed by atoms with van der Waals surface area (Å²) in [6, 6.07) is 8.57. The van der Waals surface area contributed by atoms with Crippen molar-refractivity contribution in [1.29, 1.82) is 0 Å². The van der Waals surface area contributed by atoms with Gasteiger partial charge in [-0.15, -0.1) is 0 Å². The van der Waals surface area contributed by atoms with Crippen LogP contribution >= 0.6 is 0 Å². The van der Waals surface area contributed by atoms with Gasteiger partial charge in [0.2, 0.25) is 0 Å². The molecule has 1 atom stereocenters. The first-order valence-corrected chi connectivity index (χ1v) is 11.6. The van der Waals surface area contributed by atoms with Crippen molar-refractivity contribution in [2.45, 2.75) is 46.1 Å². The highest BCUT2D eigenvalue weighted by molar-refractivity contribution is 5.95. The summed E-state index contributed by atoms with van der Waals surface area (Å²) in [6.07, 6.45) is 4.18. The molecule has 2 aromatic heterocycles. The number of halogens is 1. The summed E-state index contributed by atoms with van der Waals surface area (Å²) in [5.41, 5.74) is 2.20. The Labute approximate surface area is 194 Å². The summed E-state index contributed by atoms with van der Waals surface area (Å²) in [5, 5.41) is 4.48. The number of aromatic nitrogens is 4. The molecule has 0 bridgehead atoms. The normalized spacial score (nSPS) is 16.2. The number of carbonyl (C=O) groups excluding carboxylic acids is 1. The SMILES string of the molecule is CCN(CC)[C@H]1CCN(C(=O)c2cnn(-c3nccc(-c4ccccc4F)n3)c2C(C)C)C1. The van der Waals surface area contributed by atoms with E-state index in [1.54, 1.807) is 41.3 Å². The summed E-state index contributed by atoms with van der Waals surface area (Å²) in [5.74, 6) is -0.0153. The minimum Gasteiger partial charge on any atom is -0.337 e. The quantitative estimate of drug-likeness (QED) is 0.541. The summed E-state index contributed by atoms with van der Waals surface area (Å²) in [7, 11) is 0. The average Bonchev–Trinajstić information content (AvgIpc) is 3.48. The first-order valence-electron chi connectivity index (χ1n) is 11.6. The predicted molar refractivity (Wildman–Crippen MR) is 126 cm³/mol. The fourth-order valence-electron chi connectivity index (χ4n) is 4.64. The maximum absolute atomic E-state index is 14.3. The molecule has 1 fully saturated rings. The Morgan fingerprint density at radius 3 is 2.67 bits per heavy atom. The number of amides is 1. The van der Waals surface area contributed by atoms with E-state index in [9.17, 15) is 9.18 Å². The number of hydrogen-bond donors (Lipinski definition) is 0. The summed E-state index contributed by atoms with van der Waals surface area (Å²) >= 11 is 0.